The van der Waals surface area contributed by atoms with Gasteiger partial charge in [0.1, 0.15) is 10.6 Å². The number of benzene rings is 1. The Balaban J connectivity index is 2.24. The normalized spacial score (nSPS) is 10.3. The highest BCUT2D eigenvalue weighted by Gasteiger charge is 2.14. The third-order valence-electron chi connectivity index (χ3n) is 2.64. The maximum atomic E-state index is 11.0. The molecular formula is C13H14N2O3S. The zero-order valence-corrected chi connectivity index (χ0v) is 11.7. The summed E-state index contributed by atoms with van der Waals surface area (Å²) in [6, 6.07) is 5.65. The quantitative estimate of drug-likeness (QED) is 0.898. The summed E-state index contributed by atoms with van der Waals surface area (Å²) in [5.41, 5.74) is 2.37. The minimum Gasteiger partial charge on any atom is -0.496 e. The number of hydrogen-bond acceptors (Lipinski definition) is 5. The Labute approximate surface area is 114 Å². The molecule has 0 bridgehead atoms. The van der Waals surface area contributed by atoms with Crippen LogP contribution in [-0.4, -0.2) is 23.2 Å². The van der Waals surface area contributed by atoms with E-state index in [4.69, 9.17) is 9.84 Å². The van der Waals surface area contributed by atoms with Gasteiger partial charge in [0.2, 0.25) is 0 Å². The van der Waals surface area contributed by atoms with Gasteiger partial charge in [-0.3, -0.25) is 0 Å². The van der Waals surface area contributed by atoms with Crippen LogP contribution < -0.4 is 10.1 Å². The van der Waals surface area contributed by atoms with E-state index in [0.717, 1.165) is 28.3 Å². The maximum Gasteiger partial charge on any atom is 0.347 e. The van der Waals surface area contributed by atoms with E-state index in [1.54, 1.807) is 14.0 Å². The molecule has 1 aromatic carbocycles. The summed E-state index contributed by atoms with van der Waals surface area (Å²) >= 11 is 1.13. The molecule has 0 spiro atoms. The molecule has 2 rings (SSSR count). The molecule has 2 aromatic rings. The number of rotatable bonds is 4. The Morgan fingerprint density at radius 3 is 2.68 bits per heavy atom. The summed E-state index contributed by atoms with van der Waals surface area (Å²) in [4.78, 5) is 15.4. The van der Waals surface area contributed by atoms with Crippen molar-refractivity contribution in [1.29, 1.82) is 0 Å². The predicted molar refractivity (Wildman–Crippen MR) is 74.8 cm³/mol. The number of nitrogens with zero attached hydrogens (tertiary/aromatic N) is 1. The van der Waals surface area contributed by atoms with E-state index in [2.05, 4.69) is 10.3 Å². The van der Waals surface area contributed by atoms with Crippen molar-refractivity contribution in [3.8, 4) is 5.75 Å². The van der Waals surface area contributed by atoms with E-state index in [1.165, 1.54) is 0 Å². The van der Waals surface area contributed by atoms with Gasteiger partial charge in [0, 0.05) is 5.69 Å². The molecule has 2 N–H and O–H groups in total. The van der Waals surface area contributed by atoms with Gasteiger partial charge in [-0.1, -0.05) is 11.3 Å². The molecule has 0 radical (unpaired) electrons. The van der Waals surface area contributed by atoms with E-state index in [1.807, 2.05) is 25.1 Å². The number of aryl methyl sites for hydroxylation is 2. The first-order valence-corrected chi connectivity index (χ1v) is 6.45. The lowest BCUT2D eigenvalue weighted by molar-refractivity contribution is 0.0701. The fraction of sp³-hybridized carbons (Fsp3) is 0.231. The minimum atomic E-state index is -0.950. The molecule has 1 heterocycles. The average molecular weight is 278 g/mol. The van der Waals surface area contributed by atoms with Crippen molar-refractivity contribution in [2.24, 2.45) is 0 Å². The predicted octanol–water partition coefficient (Wildman–Crippen LogP) is 3.21. The first kappa shape index (κ1) is 13.4. The van der Waals surface area contributed by atoms with Crippen LogP contribution in [0.15, 0.2) is 18.2 Å². The summed E-state index contributed by atoms with van der Waals surface area (Å²) in [5, 5.41) is 12.7. The van der Waals surface area contributed by atoms with Crippen LogP contribution in [0.4, 0.5) is 10.8 Å². The fourth-order valence-corrected chi connectivity index (χ4v) is 2.55. The molecule has 0 saturated heterocycles. The van der Waals surface area contributed by atoms with Gasteiger partial charge in [0.25, 0.3) is 0 Å². The molecule has 1 aromatic heterocycles. The molecule has 0 aliphatic rings. The highest BCUT2D eigenvalue weighted by molar-refractivity contribution is 7.17. The van der Waals surface area contributed by atoms with E-state index >= 15 is 0 Å². The SMILES string of the molecule is COc1ccc(Nc2nc(C)c(C(=O)O)s2)cc1C. The second-order valence-corrected chi connectivity index (χ2v) is 5.05. The average Bonchev–Trinajstić information content (AvgIpc) is 2.70. The number of aromatic carboxylic acids is 1. The number of ether oxygens (including phenoxy) is 1. The molecule has 0 atom stereocenters. The van der Waals surface area contributed by atoms with Crippen LogP contribution in [0.2, 0.25) is 0 Å². The third-order valence-corrected chi connectivity index (χ3v) is 3.70. The molecule has 100 valence electrons. The van der Waals surface area contributed by atoms with Gasteiger partial charge in [-0.05, 0) is 37.6 Å². The molecular weight excluding hydrogens is 264 g/mol. The Kier molecular flexibility index (Phi) is 3.71. The first-order valence-electron chi connectivity index (χ1n) is 5.63. The molecule has 6 heteroatoms. The summed E-state index contributed by atoms with van der Waals surface area (Å²) in [6.07, 6.45) is 0. The summed E-state index contributed by atoms with van der Waals surface area (Å²) in [7, 11) is 1.62. The molecule has 19 heavy (non-hydrogen) atoms. The van der Waals surface area contributed by atoms with Gasteiger partial charge in [-0.15, -0.1) is 0 Å². The van der Waals surface area contributed by atoms with Gasteiger partial charge in [0.15, 0.2) is 5.13 Å². The van der Waals surface area contributed by atoms with Crippen LogP contribution >= 0.6 is 11.3 Å². The molecule has 0 aliphatic heterocycles. The van der Waals surface area contributed by atoms with Crippen molar-refractivity contribution in [1.82, 2.24) is 4.98 Å². The van der Waals surface area contributed by atoms with Crippen LogP contribution in [-0.2, 0) is 0 Å². The first-order chi connectivity index (χ1) is 9.01. The van der Waals surface area contributed by atoms with Gasteiger partial charge >= 0.3 is 5.97 Å². The molecule has 0 amide bonds. The zero-order chi connectivity index (χ0) is 14.0. The standard InChI is InChI=1S/C13H14N2O3S/c1-7-6-9(4-5-10(7)18-3)15-13-14-8(2)11(19-13)12(16)17/h4-6H,1-3H3,(H,14,15)(H,16,17). The lowest BCUT2D eigenvalue weighted by Gasteiger charge is -2.07. The highest BCUT2D eigenvalue weighted by atomic mass is 32.1. The number of carbonyl (C=O) groups is 1. The van der Waals surface area contributed by atoms with E-state index in [0.29, 0.717) is 10.8 Å². The van der Waals surface area contributed by atoms with Crippen molar-refractivity contribution >= 4 is 28.1 Å². The van der Waals surface area contributed by atoms with E-state index in [9.17, 15) is 4.79 Å². The molecule has 5 nitrogen and oxygen atoms in total. The van der Waals surface area contributed by atoms with Gasteiger partial charge < -0.3 is 15.2 Å². The van der Waals surface area contributed by atoms with E-state index < -0.39 is 5.97 Å². The monoisotopic (exact) mass is 278 g/mol. The number of methoxy groups -OCH3 is 1. The fourth-order valence-electron chi connectivity index (χ4n) is 1.73. The van der Waals surface area contributed by atoms with Crippen molar-refractivity contribution in [2.45, 2.75) is 13.8 Å². The maximum absolute atomic E-state index is 11.0. The smallest absolute Gasteiger partial charge is 0.347 e. The van der Waals surface area contributed by atoms with Gasteiger partial charge in [0.05, 0.1) is 12.8 Å². The lowest BCUT2D eigenvalue weighted by Crippen LogP contribution is -1.94. The molecule has 0 fully saturated rings. The van der Waals surface area contributed by atoms with Crippen LogP contribution in [0.1, 0.15) is 20.9 Å². The summed E-state index contributed by atoms with van der Waals surface area (Å²) in [6.45, 7) is 3.63. The number of carboxylic acids is 1. The Morgan fingerprint density at radius 1 is 1.42 bits per heavy atom. The molecule has 0 saturated carbocycles. The van der Waals surface area contributed by atoms with Crippen molar-refractivity contribution in [3.05, 3.63) is 34.3 Å². The molecule has 0 aliphatic carbocycles. The number of anilines is 2. The van der Waals surface area contributed by atoms with Crippen LogP contribution in [0.25, 0.3) is 0 Å². The second-order valence-electron chi connectivity index (χ2n) is 4.05. The van der Waals surface area contributed by atoms with Crippen molar-refractivity contribution < 1.29 is 14.6 Å². The summed E-state index contributed by atoms with van der Waals surface area (Å²) < 4.78 is 5.19. The molecule has 0 unspecified atom stereocenters. The number of nitrogens with one attached hydrogen (secondary N) is 1. The van der Waals surface area contributed by atoms with Gasteiger partial charge in [-0.2, -0.15) is 0 Å². The largest absolute Gasteiger partial charge is 0.496 e. The van der Waals surface area contributed by atoms with Crippen LogP contribution in [0.3, 0.4) is 0 Å². The zero-order valence-electron chi connectivity index (χ0n) is 10.9. The second kappa shape index (κ2) is 5.27. The number of carboxylic acid groups (broad SMARTS) is 1. The van der Waals surface area contributed by atoms with Gasteiger partial charge in [-0.25, -0.2) is 9.78 Å². The summed E-state index contributed by atoms with van der Waals surface area (Å²) in [5.74, 6) is -0.138. The van der Waals surface area contributed by atoms with Crippen molar-refractivity contribution in [2.75, 3.05) is 12.4 Å². The Morgan fingerprint density at radius 2 is 2.16 bits per heavy atom. The lowest BCUT2D eigenvalue weighted by atomic mass is 10.2. The number of aromatic nitrogens is 1. The highest BCUT2D eigenvalue weighted by Crippen LogP contribution is 2.28. The Bertz CT molecular complexity index is 622. The van der Waals surface area contributed by atoms with Crippen molar-refractivity contribution in [3.63, 3.8) is 0 Å². The topological polar surface area (TPSA) is 71.5 Å². The number of hydrogen-bond donors (Lipinski definition) is 2. The van der Waals surface area contributed by atoms with Crippen LogP contribution in [0, 0.1) is 13.8 Å². The Hall–Kier alpha value is -2.08. The number of thiazole rings is 1. The minimum absolute atomic E-state index is 0.257. The van der Waals surface area contributed by atoms with E-state index in [-0.39, 0.29) is 4.88 Å². The third kappa shape index (κ3) is 2.85. The van der Waals surface area contributed by atoms with Crippen LogP contribution in [0.5, 0.6) is 5.75 Å².